The van der Waals surface area contributed by atoms with Gasteiger partial charge in [0.25, 0.3) is 0 Å². The fourth-order valence-electron chi connectivity index (χ4n) is 3.99. The lowest BCUT2D eigenvalue weighted by molar-refractivity contribution is -0.106. The minimum absolute atomic E-state index is 0. The number of benzene rings is 1. The molecule has 7 heteroatoms. The van der Waals surface area contributed by atoms with Crippen LogP contribution in [0.2, 0.25) is 0 Å². The quantitative estimate of drug-likeness (QED) is 0.389. The summed E-state index contributed by atoms with van der Waals surface area (Å²) in [4.78, 5) is 4.33. The van der Waals surface area contributed by atoms with Gasteiger partial charge in [-0.05, 0) is 37.6 Å². The van der Waals surface area contributed by atoms with Crippen LogP contribution in [0.1, 0.15) is 27.2 Å². The van der Waals surface area contributed by atoms with Crippen LogP contribution in [0.3, 0.4) is 0 Å². The van der Waals surface area contributed by atoms with Gasteiger partial charge >= 0.3 is 0 Å². The van der Waals surface area contributed by atoms with Crippen LogP contribution in [0.4, 0.5) is 4.39 Å². The number of nitrogens with one attached hydrogen (secondary N) is 2. The molecular weight excluding hydrogens is 448 g/mol. The van der Waals surface area contributed by atoms with Crippen molar-refractivity contribution in [3.63, 3.8) is 0 Å². The maximum absolute atomic E-state index is 12.9. The molecule has 0 radical (unpaired) electrons. The summed E-state index contributed by atoms with van der Waals surface area (Å²) in [5.74, 6) is 1.73. The molecule has 1 saturated carbocycles. The Morgan fingerprint density at radius 3 is 2.73 bits per heavy atom. The predicted octanol–water partition coefficient (Wildman–Crippen LogP) is 3.19. The summed E-state index contributed by atoms with van der Waals surface area (Å²) in [6.07, 6.45) is 1.39. The van der Waals surface area contributed by atoms with Gasteiger partial charge in [0, 0.05) is 31.0 Å². The van der Waals surface area contributed by atoms with Crippen molar-refractivity contribution in [1.82, 2.24) is 10.6 Å². The Labute approximate surface area is 172 Å². The summed E-state index contributed by atoms with van der Waals surface area (Å²) in [6.45, 7) is 7.91. The Morgan fingerprint density at radius 2 is 2.08 bits per heavy atom. The molecule has 0 aromatic heterocycles. The maximum Gasteiger partial charge on any atom is 0.191 e. The Balaban J connectivity index is 0.00000243. The first-order valence-corrected chi connectivity index (χ1v) is 8.93. The summed E-state index contributed by atoms with van der Waals surface area (Å²) < 4.78 is 24.6. The molecule has 1 aromatic rings. The number of guanidine groups is 1. The van der Waals surface area contributed by atoms with Crippen molar-refractivity contribution in [2.75, 3.05) is 20.2 Å². The van der Waals surface area contributed by atoms with E-state index in [0.29, 0.717) is 30.4 Å². The topological polar surface area (TPSA) is 54.9 Å². The number of fused-ring (bicyclic) bond motifs is 1. The van der Waals surface area contributed by atoms with E-state index in [-0.39, 0.29) is 41.3 Å². The molecule has 4 unspecified atom stereocenters. The molecule has 146 valence electrons. The van der Waals surface area contributed by atoms with Crippen LogP contribution in [0, 0.1) is 17.2 Å². The first-order chi connectivity index (χ1) is 11.9. The molecule has 1 heterocycles. The highest BCUT2D eigenvalue weighted by atomic mass is 127. The molecule has 1 saturated heterocycles. The van der Waals surface area contributed by atoms with Crippen molar-refractivity contribution < 1.29 is 13.9 Å². The van der Waals surface area contributed by atoms with Crippen LogP contribution in [0.15, 0.2) is 29.3 Å². The summed E-state index contributed by atoms with van der Waals surface area (Å²) in [6, 6.07) is 6.43. The van der Waals surface area contributed by atoms with Crippen LogP contribution < -0.4 is 15.4 Å². The Kier molecular flexibility index (Phi) is 7.12. The van der Waals surface area contributed by atoms with Gasteiger partial charge in [-0.1, -0.05) is 13.8 Å². The highest BCUT2D eigenvalue weighted by molar-refractivity contribution is 14.0. The van der Waals surface area contributed by atoms with E-state index >= 15 is 0 Å². The van der Waals surface area contributed by atoms with E-state index in [9.17, 15) is 4.39 Å². The largest absolute Gasteiger partial charge is 0.489 e. The molecule has 0 bridgehead atoms. The Hall–Kier alpha value is -1.09. The normalized spacial score (nSPS) is 27.6. The van der Waals surface area contributed by atoms with Gasteiger partial charge in [0.05, 0.1) is 12.6 Å². The van der Waals surface area contributed by atoms with Crippen molar-refractivity contribution in [3.8, 4) is 5.75 Å². The minimum atomic E-state index is -0.264. The van der Waals surface area contributed by atoms with Gasteiger partial charge in [-0.15, -0.1) is 24.0 Å². The molecule has 2 aliphatic rings. The molecule has 26 heavy (non-hydrogen) atoms. The first-order valence-electron chi connectivity index (χ1n) is 8.93. The molecule has 1 aromatic carbocycles. The fourth-order valence-corrected chi connectivity index (χ4v) is 3.99. The number of hydrogen-bond acceptors (Lipinski definition) is 3. The molecule has 2 fully saturated rings. The standard InChI is InChI=1S/C19H28FN3O2.HI/c1-12(25-14-7-5-13(20)6-8-14)11-22-18(21-4)23-16-15-9-10-24-17(15)19(16,2)3;/h5-8,12,15-17H,9-11H2,1-4H3,(H2,21,22,23);1H. The van der Waals surface area contributed by atoms with Crippen molar-refractivity contribution in [1.29, 1.82) is 0 Å². The van der Waals surface area contributed by atoms with E-state index in [4.69, 9.17) is 9.47 Å². The van der Waals surface area contributed by atoms with E-state index in [1.54, 1.807) is 19.2 Å². The summed E-state index contributed by atoms with van der Waals surface area (Å²) >= 11 is 0. The van der Waals surface area contributed by atoms with Gasteiger partial charge in [-0.25, -0.2) is 4.39 Å². The lowest BCUT2D eigenvalue weighted by Gasteiger charge is -2.54. The molecule has 1 aliphatic carbocycles. The number of rotatable bonds is 5. The van der Waals surface area contributed by atoms with E-state index < -0.39 is 0 Å². The van der Waals surface area contributed by atoms with Crippen molar-refractivity contribution in [2.45, 2.75) is 45.4 Å². The number of hydrogen-bond donors (Lipinski definition) is 2. The van der Waals surface area contributed by atoms with Crippen LogP contribution >= 0.6 is 24.0 Å². The average Bonchev–Trinajstić information content (AvgIpc) is 3.04. The van der Waals surface area contributed by atoms with Gasteiger partial charge in [0.2, 0.25) is 0 Å². The van der Waals surface area contributed by atoms with Gasteiger partial charge in [0.15, 0.2) is 5.96 Å². The van der Waals surface area contributed by atoms with E-state index in [0.717, 1.165) is 19.0 Å². The summed E-state index contributed by atoms with van der Waals surface area (Å²) in [5, 5.41) is 6.86. The third-order valence-electron chi connectivity index (χ3n) is 5.32. The number of ether oxygens (including phenoxy) is 2. The van der Waals surface area contributed by atoms with Crippen LogP contribution in [-0.2, 0) is 4.74 Å². The third-order valence-corrected chi connectivity index (χ3v) is 5.32. The first kappa shape index (κ1) is 21.2. The van der Waals surface area contributed by atoms with E-state index in [2.05, 4.69) is 29.5 Å². The number of aliphatic imine (C=N–C) groups is 1. The molecule has 0 spiro atoms. The fraction of sp³-hybridized carbons (Fsp3) is 0.632. The molecule has 2 N–H and O–H groups in total. The highest BCUT2D eigenvalue weighted by Gasteiger charge is 2.59. The van der Waals surface area contributed by atoms with Crippen molar-refractivity contribution in [2.24, 2.45) is 16.3 Å². The molecule has 1 aliphatic heterocycles. The number of halogens is 2. The Bertz CT molecular complexity index is 624. The van der Waals surface area contributed by atoms with Crippen LogP contribution in [0.25, 0.3) is 0 Å². The van der Waals surface area contributed by atoms with Gasteiger partial charge < -0.3 is 20.1 Å². The second-order valence-electron chi connectivity index (χ2n) is 7.52. The zero-order chi connectivity index (χ0) is 18.0. The van der Waals surface area contributed by atoms with Gasteiger partial charge in [-0.2, -0.15) is 0 Å². The molecule has 5 nitrogen and oxygen atoms in total. The van der Waals surface area contributed by atoms with Crippen molar-refractivity contribution >= 4 is 29.9 Å². The second kappa shape index (κ2) is 8.73. The maximum atomic E-state index is 12.9. The molecule has 4 atom stereocenters. The molecule has 3 rings (SSSR count). The predicted molar refractivity (Wildman–Crippen MR) is 112 cm³/mol. The molecular formula is C19H29FIN3O2. The highest BCUT2D eigenvalue weighted by Crippen LogP contribution is 2.52. The van der Waals surface area contributed by atoms with E-state index in [1.165, 1.54) is 12.1 Å². The van der Waals surface area contributed by atoms with Gasteiger partial charge in [0.1, 0.15) is 17.7 Å². The second-order valence-corrected chi connectivity index (χ2v) is 7.52. The summed E-state index contributed by atoms with van der Waals surface area (Å²) in [5.41, 5.74) is 0.106. The average molecular weight is 477 g/mol. The van der Waals surface area contributed by atoms with Crippen LogP contribution in [0.5, 0.6) is 5.75 Å². The zero-order valence-corrected chi connectivity index (χ0v) is 18.1. The lowest BCUT2D eigenvalue weighted by Crippen LogP contribution is -2.68. The lowest BCUT2D eigenvalue weighted by atomic mass is 9.57. The summed E-state index contributed by atoms with van der Waals surface area (Å²) in [7, 11) is 1.77. The van der Waals surface area contributed by atoms with Crippen LogP contribution in [-0.4, -0.2) is 44.4 Å². The third kappa shape index (κ3) is 4.42. The van der Waals surface area contributed by atoms with Gasteiger partial charge in [-0.3, -0.25) is 4.99 Å². The van der Waals surface area contributed by atoms with E-state index in [1.807, 2.05) is 6.92 Å². The zero-order valence-electron chi connectivity index (χ0n) is 15.8. The SMILES string of the molecule is CN=C(NCC(C)Oc1ccc(F)cc1)NC1C2CCOC2C1(C)C.I. The minimum Gasteiger partial charge on any atom is -0.489 e. The van der Waals surface area contributed by atoms with Crippen molar-refractivity contribution in [3.05, 3.63) is 30.1 Å². The molecule has 0 amide bonds. The Morgan fingerprint density at radius 1 is 1.38 bits per heavy atom. The monoisotopic (exact) mass is 477 g/mol. The smallest absolute Gasteiger partial charge is 0.191 e. The number of nitrogens with zero attached hydrogens (tertiary/aromatic N) is 1.